The second kappa shape index (κ2) is 7.86. The van der Waals surface area contributed by atoms with Crippen LogP contribution in [0.2, 0.25) is 0 Å². The molecule has 7 nitrogen and oxygen atoms in total. The summed E-state index contributed by atoms with van der Waals surface area (Å²) in [6.07, 6.45) is -0.724. The molecule has 0 rings (SSSR count). The maximum absolute atomic E-state index is 12.3. The van der Waals surface area contributed by atoms with Gasteiger partial charge in [-0.15, -0.1) is 0 Å². The first-order valence-corrected chi connectivity index (χ1v) is 7.21. The van der Waals surface area contributed by atoms with E-state index < -0.39 is 26.4 Å². The summed E-state index contributed by atoms with van der Waals surface area (Å²) in [5.74, 6) is -0.738. The van der Waals surface area contributed by atoms with Gasteiger partial charge in [0.25, 0.3) is 0 Å². The maximum Gasteiger partial charge on any atom is 0.406 e. The molecular weight excluding hydrogens is 261 g/mol. The van der Waals surface area contributed by atoms with Crippen LogP contribution in [0.4, 0.5) is 0 Å². The Hall–Kier alpha value is -0.460. The molecule has 0 aromatic carbocycles. The summed E-state index contributed by atoms with van der Waals surface area (Å²) in [5.41, 5.74) is 0. The molecule has 0 spiro atoms. The maximum atomic E-state index is 12.3. The van der Waals surface area contributed by atoms with E-state index in [1.165, 1.54) is 7.11 Å². The standard InChI is InChI=1S/C10H22NO6P/c1-7(2)16-18(14,17-8(3)4)11-9(6-12)10(13)15-5/h7-9,12H,6H2,1-5H3,(H,11,14)/t9-/m0/s1. The first kappa shape index (κ1) is 17.5. The Kier molecular flexibility index (Phi) is 7.66. The van der Waals surface area contributed by atoms with Crippen molar-refractivity contribution in [1.82, 2.24) is 5.09 Å². The molecule has 0 unspecified atom stereocenters. The molecule has 0 aromatic rings. The fourth-order valence-corrected chi connectivity index (χ4v) is 2.99. The van der Waals surface area contributed by atoms with Crippen molar-refractivity contribution in [3.05, 3.63) is 0 Å². The molecule has 0 aromatic heterocycles. The molecular formula is C10H22NO6P. The lowest BCUT2D eigenvalue weighted by Crippen LogP contribution is -2.40. The van der Waals surface area contributed by atoms with Gasteiger partial charge in [0.1, 0.15) is 6.04 Å². The minimum atomic E-state index is -3.68. The summed E-state index contributed by atoms with van der Waals surface area (Å²) in [6, 6.07) is -1.15. The number of ether oxygens (including phenoxy) is 1. The Balaban J connectivity index is 4.86. The van der Waals surface area contributed by atoms with Gasteiger partial charge in [-0.25, -0.2) is 9.65 Å². The third-order valence-corrected chi connectivity index (χ3v) is 3.71. The molecule has 108 valence electrons. The van der Waals surface area contributed by atoms with Crippen LogP contribution in [-0.2, 0) is 23.1 Å². The number of carbonyl (C=O) groups excluding carboxylic acids is 1. The van der Waals surface area contributed by atoms with Crippen molar-refractivity contribution in [2.75, 3.05) is 13.7 Å². The summed E-state index contributed by atoms with van der Waals surface area (Å²) in [4.78, 5) is 11.3. The Morgan fingerprint density at radius 3 is 1.94 bits per heavy atom. The highest BCUT2D eigenvalue weighted by Gasteiger charge is 2.34. The van der Waals surface area contributed by atoms with Crippen LogP contribution in [0.5, 0.6) is 0 Å². The van der Waals surface area contributed by atoms with Gasteiger partial charge in [-0.05, 0) is 27.7 Å². The largest absolute Gasteiger partial charge is 0.468 e. The lowest BCUT2D eigenvalue weighted by Gasteiger charge is -2.25. The number of methoxy groups -OCH3 is 1. The topological polar surface area (TPSA) is 94.1 Å². The van der Waals surface area contributed by atoms with Crippen LogP contribution in [0.15, 0.2) is 0 Å². The third kappa shape index (κ3) is 6.47. The fourth-order valence-electron chi connectivity index (χ4n) is 1.14. The minimum Gasteiger partial charge on any atom is -0.468 e. The average Bonchev–Trinajstić information content (AvgIpc) is 2.22. The Morgan fingerprint density at radius 1 is 1.22 bits per heavy atom. The molecule has 8 heteroatoms. The van der Waals surface area contributed by atoms with E-state index >= 15 is 0 Å². The number of esters is 1. The van der Waals surface area contributed by atoms with E-state index in [1.54, 1.807) is 27.7 Å². The molecule has 18 heavy (non-hydrogen) atoms. The van der Waals surface area contributed by atoms with E-state index in [0.29, 0.717) is 0 Å². The molecule has 0 aliphatic carbocycles. The van der Waals surface area contributed by atoms with Gasteiger partial charge >= 0.3 is 13.7 Å². The Bertz CT molecular complexity index is 293. The van der Waals surface area contributed by atoms with Crippen LogP contribution < -0.4 is 5.09 Å². The summed E-state index contributed by atoms with van der Waals surface area (Å²) < 4.78 is 27.2. The highest BCUT2D eigenvalue weighted by atomic mass is 31.2. The lowest BCUT2D eigenvalue weighted by atomic mass is 10.3. The van der Waals surface area contributed by atoms with E-state index in [0.717, 1.165) is 0 Å². The zero-order valence-corrected chi connectivity index (χ0v) is 12.3. The van der Waals surface area contributed by atoms with Crippen LogP contribution in [0.3, 0.4) is 0 Å². The molecule has 0 bridgehead atoms. The van der Waals surface area contributed by atoms with Crippen molar-refractivity contribution in [3.8, 4) is 0 Å². The summed E-state index contributed by atoms with van der Waals surface area (Å²) in [5, 5.41) is 11.4. The molecule has 0 heterocycles. The molecule has 0 amide bonds. The van der Waals surface area contributed by atoms with E-state index in [-0.39, 0.29) is 12.2 Å². The zero-order chi connectivity index (χ0) is 14.3. The Morgan fingerprint density at radius 2 is 1.67 bits per heavy atom. The van der Waals surface area contributed by atoms with Crippen LogP contribution in [-0.4, -0.2) is 43.0 Å². The van der Waals surface area contributed by atoms with Gasteiger partial charge in [0.2, 0.25) is 0 Å². The molecule has 0 saturated carbocycles. The van der Waals surface area contributed by atoms with E-state index in [4.69, 9.17) is 14.2 Å². The van der Waals surface area contributed by atoms with Gasteiger partial charge in [0.15, 0.2) is 0 Å². The van der Waals surface area contributed by atoms with E-state index in [9.17, 15) is 9.36 Å². The van der Waals surface area contributed by atoms with Gasteiger partial charge < -0.3 is 9.84 Å². The van der Waals surface area contributed by atoms with E-state index in [2.05, 4.69) is 9.82 Å². The van der Waals surface area contributed by atoms with Crippen molar-refractivity contribution in [1.29, 1.82) is 0 Å². The molecule has 0 fully saturated rings. The molecule has 0 aliphatic rings. The van der Waals surface area contributed by atoms with Crippen molar-refractivity contribution < 1.29 is 28.3 Å². The van der Waals surface area contributed by atoms with Crippen LogP contribution in [0.25, 0.3) is 0 Å². The van der Waals surface area contributed by atoms with Crippen LogP contribution in [0.1, 0.15) is 27.7 Å². The second-order valence-corrected chi connectivity index (χ2v) is 5.87. The van der Waals surface area contributed by atoms with Gasteiger partial charge in [-0.2, -0.15) is 0 Å². The number of hydrogen-bond donors (Lipinski definition) is 2. The monoisotopic (exact) mass is 283 g/mol. The van der Waals surface area contributed by atoms with Crippen molar-refractivity contribution in [2.24, 2.45) is 0 Å². The second-order valence-electron chi connectivity index (χ2n) is 4.19. The predicted molar refractivity (Wildman–Crippen MR) is 66.1 cm³/mol. The summed E-state index contributed by atoms with van der Waals surface area (Å²) in [6.45, 7) is 6.17. The first-order valence-electron chi connectivity index (χ1n) is 5.67. The highest BCUT2D eigenvalue weighted by molar-refractivity contribution is 7.51. The number of rotatable bonds is 8. The summed E-state index contributed by atoms with van der Waals surface area (Å²) in [7, 11) is -2.51. The highest BCUT2D eigenvalue weighted by Crippen LogP contribution is 2.46. The number of aliphatic hydroxyl groups excluding tert-OH is 1. The van der Waals surface area contributed by atoms with Crippen LogP contribution in [0, 0.1) is 0 Å². The fraction of sp³-hybridized carbons (Fsp3) is 0.900. The van der Waals surface area contributed by atoms with Crippen molar-refractivity contribution in [3.63, 3.8) is 0 Å². The normalized spacial score (nSPS) is 14.0. The smallest absolute Gasteiger partial charge is 0.406 e. The SMILES string of the molecule is COC(=O)[C@H](CO)NP(=O)(OC(C)C)OC(C)C. The number of aliphatic hydroxyl groups is 1. The number of nitrogens with one attached hydrogen (secondary N) is 1. The van der Waals surface area contributed by atoms with Gasteiger partial charge in [0.05, 0.1) is 25.9 Å². The first-order chi connectivity index (χ1) is 8.24. The minimum absolute atomic E-state index is 0.362. The predicted octanol–water partition coefficient (Wildman–Crippen LogP) is 1.07. The van der Waals surface area contributed by atoms with E-state index in [1.807, 2.05) is 0 Å². The average molecular weight is 283 g/mol. The molecule has 0 saturated heterocycles. The quantitative estimate of drug-likeness (QED) is 0.508. The third-order valence-electron chi connectivity index (χ3n) is 1.68. The van der Waals surface area contributed by atoms with Gasteiger partial charge in [-0.3, -0.25) is 13.8 Å². The molecule has 1 atom stereocenters. The van der Waals surface area contributed by atoms with Gasteiger partial charge in [0, 0.05) is 0 Å². The zero-order valence-electron chi connectivity index (χ0n) is 11.4. The van der Waals surface area contributed by atoms with Crippen molar-refractivity contribution >= 4 is 13.7 Å². The Labute approximate surface area is 107 Å². The molecule has 0 radical (unpaired) electrons. The number of carbonyl (C=O) groups is 1. The van der Waals surface area contributed by atoms with Crippen LogP contribution >= 0.6 is 7.75 Å². The van der Waals surface area contributed by atoms with Crippen molar-refractivity contribution in [2.45, 2.75) is 45.9 Å². The molecule has 2 N–H and O–H groups in total. The molecule has 0 aliphatic heterocycles. The van der Waals surface area contributed by atoms with Gasteiger partial charge in [-0.1, -0.05) is 0 Å². The summed E-state index contributed by atoms with van der Waals surface area (Å²) >= 11 is 0. The number of hydrogen-bond acceptors (Lipinski definition) is 6. The lowest BCUT2D eigenvalue weighted by molar-refractivity contribution is -0.143.